The highest BCUT2D eigenvalue weighted by Gasteiger charge is 2.35. The number of methoxy groups -OCH3 is 3. The Bertz CT molecular complexity index is 1310. The molecule has 0 radical (unpaired) electrons. The third-order valence-corrected chi connectivity index (χ3v) is 6.16. The second kappa shape index (κ2) is 12.6. The molecule has 2 N–H and O–H groups in total. The van der Waals surface area contributed by atoms with Gasteiger partial charge in [-0.1, -0.05) is 18.2 Å². The number of esters is 1. The number of hydrogen-bond donors (Lipinski definition) is 2. The van der Waals surface area contributed by atoms with Gasteiger partial charge in [-0.3, -0.25) is 4.79 Å². The zero-order valence-electron chi connectivity index (χ0n) is 23.5. The summed E-state index contributed by atoms with van der Waals surface area (Å²) < 4.78 is 21.3. The zero-order valence-corrected chi connectivity index (χ0v) is 23.5. The maximum atomic E-state index is 13.9. The van der Waals surface area contributed by atoms with Crippen LogP contribution in [-0.2, 0) is 32.0 Å². The van der Waals surface area contributed by atoms with Gasteiger partial charge in [-0.05, 0) is 51.5 Å². The van der Waals surface area contributed by atoms with Crippen molar-refractivity contribution in [2.45, 2.75) is 58.3 Å². The van der Waals surface area contributed by atoms with Crippen molar-refractivity contribution in [1.29, 1.82) is 0 Å². The molecule has 0 aliphatic rings. The quantitative estimate of drug-likeness (QED) is 0.371. The molecule has 3 rings (SSSR count). The molecule has 0 saturated carbocycles. The number of nitrogens with zero attached hydrogens (tertiary/aromatic N) is 1. The highest BCUT2D eigenvalue weighted by Crippen LogP contribution is 2.28. The lowest BCUT2D eigenvalue weighted by Gasteiger charge is -2.33. The van der Waals surface area contributed by atoms with Crippen LogP contribution in [0.2, 0.25) is 0 Å². The summed E-state index contributed by atoms with van der Waals surface area (Å²) in [5.41, 5.74) is 1.65. The second-order valence-electron chi connectivity index (χ2n) is 10.1. The van der Waals surface area contributed by atoms with E-state index in [1.807, 2.05) is 30.5 Å². The number of H-pyrrole nitrogens is 1. The number of hydrogen-bond acceptors (Lipinski definition) is 7. The number of carbonyl (C=O) groups is 3. The van der Waals surface area contributed by atoms with E-state index < -0.39 is 35.7 Å². The van der Waals surface area contributed by atoms with Gasteiger partial charge in [0.15, 0.2) is 0 Å². The van der Waals surface area contributed by atoms with Crippen LogP contribution in [0.3, 0.4) is 0 Å². The highest BCUT2D eigenvalue weighted by molar-refractivity contribution is 5.90. The number of rotatable bonds is 10. The van der Waals surface area contributed by atoms with Crippen molar-refractivity contribution < 1.29 is 33.3 Å². The summed E-state index contributed by atoms with van der Waals surface area (Å²) in [6.45, 7) is 6.75. The van der Waals surface area contributed by atoms with Crippen LogP contribution in [-0.4, -0.2) is 66.9 Å². The van der Waals surface area contributed by atoms with Crippen molar-refractivity contribution in [3.63, 3.8) is 0 Å². The SMILES string of the molecule is COC(=O)[C@H](Cc1c[nH]c2ccccc12)N(Cc1ccc(OC)cc1OC)C(=O)[C@H](C)NC(=O)OC(C)(C)C. The Balaban J connectivity index is 2.02. The van der Waals surface area contributed by atoms with E-state index in [1.54, 1.807) is 53.0 Å². The number of aromatic amines is 1. The fourth-order valence-corrected chi connectivity index (χ4v) is 4.27. The van der Waals surface area contributed by atoms with Gasteiger partial charge < -0.3 is 34.1 Å². The lowest BCUT2D eigenvalue weighted by molar-refractivity contribution is -0.154. The average molecular weight is 540 g/mol. The van der Waals surface area contributed by atoms with Gasteiger partial charge >= 0.3 is 12.1 Å². The van der Waals surface area contributed by atoms with Gasteiger partial charge in [-0.25, -0.2) is 9.59 Å². The highest BCUT2D eigenvalue weighted by atomic mass is 16.6. The van der Waals surface area contributed by atoms with Gasteiger partial charge in [0.2, 0.25) is 5.91 Å². The smallest absolute Gasteiger partial charge is 0.408 e. The van der Waals surface area contributed by atoms with E-state index in [0.717, 1.165) is 16.5 Å². The van der Waals surface area contributed by atoms with E-state index >= 15 is 0 Å². The molecule has 1 aromatic heterocycles. The van der Waals surface area contributed by atoms with Gasteiger partial charge in [0, 0.05) is 35.2 Å². The number of ether oxygens (including phenoxy) is 4. The van der Waals surface area contributed by atoms with Crippen LogP contribution in [0.25, 0.3) is 10.9 Å². The molecule has 10 nitrogen and oxygen atoms in total. The summed E-state index contributed by atoms with van der Waals surface area (Å²) in [4.78, 5) is 44.2. The maximum Gasteiger partial charge on any atom is 0.408 e. The topological polar surface area (TPSA) is 119 Å². The second-order valence-corrected chi connectivity index (χ2v) is 10.1. The fraction of sp³-hybridized carbons (Fsp3) is 0.414. The number of nitrogens with one attached hydrogen (secondary N) is 2. The number of aromatic nitrogens is 1. The van der Waals surface area contributed by atoms with Crippen LogP contribution in [0.5, 0.6) is 11.5 Å². The van der Waals surface area contributed by atoms with Crippen LogP contribution >= 0.6 is 0 Å². The van der Waals surface area contributed by atoms with Gasteiger partial charge in [-0.15, -0.1) is 0 Å². The molecule has 0 saturated heterocycles. The maximum absolute atomic E-state index is 13.9. The third kappa shape index (κ3) is 7.43. The van der Waals surface area contributed by atoms with Crippen LogP contribution in [0, 0.1) is 0 Å². The number of alkyl carbamates (subject to hydrolysis) is 1. The largest absolute Gasteiger partial charge is 0.497 e. The van der Waals surface area contributed by atoms with Gasteiger partial charge in [0.1, 0.15) is 29.2 Å². The van der Waals surface area contributed by atoms with Crippen molar-refractivity contribution in [3.8, 4) is 11.5 Å². The Morgan fingerprint density at radius 1 is 1.00 bits per heavy atom. The average Bonchev–Trinajstić information content (AvgIpc) is 3.31. The van der Waals surface area contributed by atoms with Crippen LogP contribution < -0.4 is 14.8 Å². The number of para-hydroxylation sites is 1. The molecule has 2 atom stereocenters. The standard InChI is InChI=1S/C29H37N3O7/c1-18(31-28(35)39-29(2,3)4)26(33)32(17-19-12-13-21(36-5)15-25(19)37-6)24(27(34)38-7)14-20-16-30-23-11-9-8-10-22(20)23/h8-13,15-16,18,24,30H,14,17H2,1-7H3,(H,31,35)/t18-,24-/m0/s1. The number of benzene rings is 2. The van der Waals surface area contributed by atoms with Crippen molar-refractivity contribution in [2.24, 2.45) is 0 Å². The summed E-state index contributed by atoms with van der Waals surface area (Å²) in [7, 11) is 4.34. The molecule has 0 bridgehead atoms. The Hall–Kier alpha value is -4.21. The Morgan fingerprint density at radius 3 is 2.36 bits per heavy atom. The van der Waals surface area contributed by atoms with Crippen LogP contribution in [0.15, 0.2) is 48.7 Å². The van der Waals surface area contributed by atoms with E-state index in [9.17, 15) is 14.4 Å². The minimum Gasteiger partial charge on any atom is -0.497 e. The Kier molecular flexibility index (Phi) is 9.45. The summed E-state index contributed by atoms with van der Waals surface area (Å²) >= 11 is 0. The number of carbonyl (C=O) groups excluding carboxylic acids is 3. The van der Waals surface area contributed by atoms with Gasteiger partial charge in [-0.2, -0.15) is 0 Å². The number of fused-ring (bicyclic) bond motifs is 1. The van der Waals surface area contributed by atoms with E-state index in [4.69, 9.17) is 18.9 Å². The summed E-state index contributed by atoms with van der Waals surface area (Å²) in [5, 5.41) is 3.52. The molecule has 3 aromatic rings. The Morgan fingerprint density at radius 2 is 1.72 bits per heavy atom. The minimum absolute atomic E-state index is 0.00839. The molecule has 0 fully saturated rings. The van der Waals surface area contributed by atoms with E-state index in [-0.39, 0.29) is 13.0 Å². The van der Waals surface area contributed by atoms with Crippen molar-refractivity contribution >= 4 is 28.9 Å². The first-order chi connectivity index (χ1) is 18.5. The summed E-state index contributed by atoms with van der Waals surface area (Å²) in [6.07, 6.45) is 1.26. The predicted octanol–water partition coefficient (Wildman–Crippen LogP) is 4.21. The summed E-state index contributed by atoms with van der Waals surface area (Å²) in [5.74, 6) is -0.0214. The molecular weight excluding hydrogens is 502 g/mol. The molecule has 0 aliphatic carbocycles. The first kappa shape index (κ1) is 29.3. The fourth-order valence-electron chi connectivity index (χ4n) is 4.27. The van der Waals surface area contributed by atoms with Crippen molar-refractivity contribution in [3.05, 3.63) is 59.8 Å². The molecule has 0 aliphatic heterocycles. The monoisotopic (exact) mass is 539 g/mol. The first-order valence-corrected chi connectivity index (χ1v) is 12.6. The molecule has 2 aromatic carbocycles. The zero-order chi connectivity index (χ0) is 28.7. The van der Waals surface area contributed by atoms with Gasteiger partial charge in [0.05, 0.1) is 27.9 Å². The van der Waals surface area contributed by atoms with E-state index in [1.165, 1.54) is 19.1 Å². The van der Waals surface area contributed by atoms with E-state index in [0.29, 0.717) is 17.1 Å². The molecular formula is C29H37N3O7. The first-order valence-electron chi connectivity index (χ1n) is 12.6. The normalized spacial score (nSPS) is 12.8. The molecule has 210 valence electrons. The third-order valence-electron chi connectivity index (χ3n) is 6.16. The van der Waals surface area contributed by atoms with Gasteiger partial charge in [0.25, 0.3) is 0 Å². The molecule has 0 unspecified atom stereocenters. The van der Waals surface area contributed by atoms with Crippen LogP contribution in [0.4, 0.5) is 4.79 Å². The lowest BCUT2D eigenvalue weighted by Crippen LogP contribution is -2.54. The van der Waals surface area contributed by atoms with Crippen molar-refractivity contribution in [1.82, 2.24) is 15.2 Å². The predicted molar refractivity (Wildman–Crippen MR) is 147 cm³/mol. The lowest BCUT2D eigenvalue weighted by atomic mass is 10.0. The molecule has 0 spiro atoms. The summed E-state index contributed by atoms with van der Waals surface area (Å²) in [6, 6.07) is 10.9. The molecule has 1 heterocycles. The molecule has 10 heteroatoms. The molecule has 39 heavy (non-hydrogen) atoms. The van der Waals surface area contributed by atoms with Crippen LogP contribution in [0.1, 0.15) is 38.8 Å². The Labute approximate surface area is 228 Å². The number of amides is 2. The van der Waals surface area contributed by atoms with Crippen molar-refractivity contribution in [2.75, 3.05) is 21.3 Å². The molecule has 2 amide bonds. The minimum atomic E-state index is -1.00. The van der Waals surface area contributed by atoms with E-state index in [2.05, 4.69) is 10.3 Å².